The molecule has 0 bridgehead atoms. The van der Waals surface area contributed by atoms with Crippen LogP contribution in [0.1, 0.15) is 5.56 Å². The van der Waals surface area contributed by atoms with Crippen molar-refractivity contribution in [3.8, 4) is 0 Å². The van der Waals surface area contributed by atoms with Gasteiger partial charge in [0.25, 0.3) is 0 Å². The Morgan fingerprint density at radius 1 is 1.40 bits per heavy atom. The van der Waals surface area contributed by atoms with Crippen molar-refractivity contribution in [1.82, 2.24) is 4.90 Å². The predicted molar refractivity (Wildman–Crippen MR) is 65.3 cm³/mol. The van der Waals surface area contributed by atoms with Crippen molar-refractivity contribution in [1.29, 1.82) is 0 Å². The van der Waals surface area contributed by atoms with Crippen molar-refractivity contribution in [2.75, 3.05) is 44.4 Å². The Morgan fingerprint density at radius 2 is 2.20 bits per heavy atom. The third kappa shape index (κ3) is 2.07. The molecule has 0 unspecified atom stereocenters. The van der Waals surface area contributed by atoms with Crippen molar-refractivity contribution >= 4 is 11.4 Å². The monoisotopic (exact) mass is 205 g/mol. The summed E-state index contributed by atoms with van der Waals surface area (Å²) in [5.41, 5.74) is 9.56. The van der Waals surface area contributed by atoms with Gasteiger partial charge in [0, 0.05) is 36.6 Å². The standard InChI is InChI=1S/C12H19N3/c1-14(2)8-9-15-7-6-10-11(13)4-3-5-12(10)15/h3-5H,6-9,13H2,1-2H3. The van der Waals surface area contributed by atoms with Crippen LogP contribution in [0.2, 0.25) is 0 Å². The van der Waals surface area contributed by atoms with Crippen molar-refractivity contribution in [2.24, 2.45) is 0 Å². The van der Waals surface area contributed by atoms with Gasteiger partial charge in [-0.15, -0.1) is 0 Å². The van der Waals surface area contributed by atoms with E-state index in [4.69, 9.17) is 5.73 Å². The fraction of sp³-hybridized carbons (Fsp3) is 0.500. The summed E-state index contributed by atoms with van der Waals surface area (Å²) < 4.78 is 0. The van der Waals surface area contributed by atoms with Gasteiger partial charge >= 0.3 is 0 Å². The lowest BCUT2D eigenvalue weighted by molar-refractivity contribution is 0.414. The Labute approximate surface area is 91.5 Å². The first-order valence-electron chi connectivity index (χ1n) is 5.45. The van der Waals surface area contributed by atoms with Crippen molar-refractivity contribution in [2.45, 2.75) is 6.42 Å². The number of hydrogen-bond acceptors (Lipinski definition) is 3. The quantitative estimate of drug-likeness (QED) is 0.752. The van der Waals surface area contributed by atoms with Crippen LogP contribution in [-0.2, 0) is 6.42 Å². The zero-order valence-electron chi connectivity index (χ0n) is 9.53. The summed E-state index contributed by atoms with van der Waals surface area (Å²) in [7, 11) is 4.21. The van der Waals surface area contributed by atoms with Crippen LogP contribution in [0.5, 0.6) is 0 Å². The Hall–Kier alpha value is -1.22. The highest BCUT2D eigenvalue weighted by Gasteiger charge is 2.19. The number of fused-ring (bicyclic) bond motifs is 1. The molecule has 0 saturated heterocycles. The fourth-order valence-electron chi connectivity index (χ4n) is 2.08. The number of nitrogens with two attached hydrogens (primary N) is 1. The van der Waals surface area contributed by atoms with Gasteiger partial charge in [-0.3, -0.25) is 0 Å². The van der Waals surface area contributed by atoms with E-state index < -0.39 is 0 Å². The van der Waals surface area contributed by atoms with Gasteiger partial charge in [-0.2, -0.15) is 0 Å². The predicted octanol–water partition coefficient (Wildman–Crippen LogP) is 1.19. The molecule has 0 fully saturated rings. The van der Waals surface area contributed by atoms with Crippen molar-refractivity contribution in [3.63, 3.8) is 0 Å². The first-order chi connectivity index (χ1) is 7.18. The molecule has 15 heavy (non-hydrogen) atoms. The number of nitrogen functional groups attached to an aromatic ring is 1. The highest BCUT2D eigenvalue weighted by atomic mass is 15.2. The lowest BCUT2D eigenvalue weighted by Gasteiger charge is -2.21. The summed E-state index contributed by atoms with van der Waals surface area (Å²) in [5, 5.41) is 0. The number of benzene rings is 1. The van der Waals surface area contributed by atoms with Gasteiger partial charge in [0.05, 0.1) is 0 Å². The highest BCUT2D eigenvalue weighted by Crippen LogP contribution is 2.31. The second kappa shape index (κ2) is 4.11. The first-order valence-corrected chi connectivity index (χ1v) is 5.45. The van der Waals surface area contributed by atoms with Crippen LogP contribution in [-0.4, -0.2) is 38.6 Å². The molecule has 0 atom stereocenters. The minimum atomic E-state index is 0.944. The van der Waals surface area contributed by atoms with E-state index in [1.54, 1.807) is 0 Å². The lowest BCUT2D eigenvalue weighted by Crippen LogP contribution is -2.30. The number of anilines is 2. The number of likely N-dealkylation sites (N-methyl/N-ethyl adjacent to an activating group) is 1. The van der Waals surface area contributed by atoms with Crippen LogP contribution in [0.25, 0.3) is 0 Å². The van der Waals surface area contributed by atoms with Gasteiger partial charge in [-0.1, -0.05) is 6.07 Å². The third-order valence-corrected chi connectivity index (χ3v) is 2.98. The van der Waals surface area contributed by atoms with Crippen molar-refractivity contribution < 1.29 is 0 Å². The Kier molecular flexibility index (Phi) is 2.82. The Morgan fingerprint density at radius 3 is 2.93 bits per heavy atom. The molecule has 3 heteroatoms. The third-order valence-electron chi connectivity index (χ3n) is 2.98. The molecule has 2 rings (SSSR count). The Bertz CT molecular complexity index is 347. The largest absolute Gasteiger partial charge is 0.398 e. The second-order valence-corrected chi connectivity index (χ2v) is 4.39. The molecule has 2 N–H and O–H groups in total. The van der Waals surface area contributed by atoms with E-state index in [2.05, 4.69) is 30.0 Å². The maximum Gasteiger partial charge on any atom is 0.0420 e. The minimum absolute atomic E-state index is 0.944. The van der Waals surface area contributed by atoms with E-state index in [0.717, 1.165) is 31.7 Å². The van der Waals surface area contributed by atoms with E-state index in [1.165, 1.54) is 11.3 Å². The topological polar surface area (TPSA) is 32.5 Å². The maximum absolute atomic E-state index is 5.95. The summed E-state index contributed by atoms with van der Waals surface area (Å²) >= 11 is 0. The van der Waals surface area contributed by atoms with E-state index in [1.807, 2.05) is 12.1 Å². The molecular formula is C12H19N3. The molecule has 3 nitrogen and oxygen atoms in total. The molecule has 0 spiro atoms. The van der Waals surface area contributed by atoms with Crippen molar-refractivity contribution in [3.05, 3.63) is 23.8 Å². The lowest BCUT2D eigenvalue weighted by atomic mass is 10.1. The molecule has 1 heterocycles. The summed E-state index contributed by atoms with van der Waals surface area (Å²) in [6, 6.07) is 6.21. The molecule has 1 aliphatic rings. The van der Waals surface area contributed by atoms with E-state index in [-0.39, 0.29) is 0 Å². The fourth-order valence-corrected chi connectivity index (χ4v) is 2.08. The zero-order chi connectivity index (χ0) is 10.8. The molecule has 0 saturated carbocycles. The van der Waals surface area contributed by atoms with Gasteiger partial charge in [-0.05, 0) is 32.6 Å². The summed E-state index contributed by atoms with van der Waals surface area (Å²) in [6.07, 6.45) is 1.09. The number of rotatable bonds is 3. The molecule has 0 amide bonds. The first kappa shape index (κ1) is 10.3. The molecule has 0 aromatic heterocycles. The maximum atomic E-state index is 5.95. The number of nitrogens with zero attached hydrogens (tertiary/aromatic N) is 2. The Balaban J connectivity index is 2.11. The molecule has 0 radical (unpaired) electrons. The average Bonchev–Trinajstić information content (AvgIpc) is 2.59. The molecule has 82 valence electrons. The van der Waals surface area contributed by atoms with E-state index in [0.29, 0.717) is 0 Å². The average molecular weight is 205 g/mol. The smallest absolute Gasteiger partial charge is 0.0420 e. The van der Waals surface area contributed by atoms with Gasteiger partial charge < -0.3 is 15.5 Å². The molecule has 1 aliphatic heterocycles. The summed E-state index contributed by atoms with van der Waals surface area (Å²) in [4.78, 5) is 4.63. The van der Waals surface area contributed by atoms with Crippen LogP contribution in [0.4, 0.5) is 11.4 Å². The van der Waals surface area contributed by atoms with Crippen LogP contribution >= 0.6 is 0 Å². The molecular weight excluding hydrogens is 186 g/mol. The highest BCUT2D eigenvalue weighted by molar-refractivity contribution is 5.68. The molecule has 0 aliphatic carbocycles. The van der Waals surface area contributed by atoms with Crippen LogP contribution in [0.15, 0.2) is 18.2 Å². The minimum Gasteiger partial charge on any atom is -0.398 e. The molecule has 1 aromatic carbocycles. The van der Waals surface area contributed by atoms with E-state index in [9.17, 15) is 0 Å². The van der Waals surface area contributed by atoms with Gasteiger partial charge in [-0.25, -0.2) is 0 Å². The van der Waals surface area contributed by atoms with Crippen LogP contribution in [0.3, 0.4) is 0 Å². The van der Waals surface area contributed by atoms with Gasteiger partial charge in [0.1, 0.15) is 0 Å². The SMILES string of the molecule is CN(C)CCN1CCc2c(N)cccc21. The van der Waals surface area contributed by atoms with E-state index >= 15 is 0 Å². The van der Waals surface area contributed by atoms with Crippen LogP contribution < -0.4 is 10.6 Å². The van der Waals surface area contributed by atoms with Crippen LogP contribution in [0, 0.1) is 0 Å². The summed E-state index contributed by atoms with van der Waals surface area (Å²) in [6.45, 7) is 3.29. The summed E-state index contributed by atoms with van der Waals surface area (Å²) in [5.74, 6) is 0. The normalized spacial score (nSPS) is 14.7. The molecule has 1 aromatic rings. The number of hydrogen-bond donors (Lipinski definition) is 1. The second-order valence-electron chi connectivity index (χ2n) is 4.39. The zero-order valence-corrected chi connectivity index (χ0v) is 9.53. The van der Waals surface area contributed by atoms with Gasteiger partial charge in [0.2, 0.25) is 0 Å². The van der Waals surface area contributed by atoms with Gasteiger partial charge in [0.15, 0.2) is 0 Å².